The molecule has 0 bridgehead atoms. The Morgan fingerprint density at radius 2 is 1.35 bits per heavy atom. The van der Waals surface area contributed by atoms with Crippen LogP contribution < -0.4 is 14.7 Å². The van der Waals surface area contributed by atoms with Gasteiger partial charge >= 0.3 is 0 Å². The van der Waals surface area contributed by atoms with E-state index in [-0.39, 0.29) is 0 Å². The standard InChI is InChI=1S/C19H22BrN3/c1-3-21(4-2)17-9-11-19(12-10-17)23-14-13-22(15-23)18-7-5-16(20)6-8-18/h5-12H,3-4,13-14H2,1-2H3. The molecule has 3 rings (SSSR count). The lowest BCUT2D eigenvalue weighted by atomic mass is 10.2. The fraction of sp³-hybridized carbons (Fsp3) is 0.316. The molecule has 0 N–H and O–H groups in total. The summed E-state index contributed by atoms with van der Waals surface area (Å²) in [6, 6.07) is 17.1. The van der Waals surface area contributed by atoms with Crippen LogP contribution in [0.2, 0.25) is 0 Å². The number of hydrogen-bond acceptors (Lipinski definition) is 3. The van der Waals surface area contributed by atoms with Gasteiger partial charge in [-0.1, -0.05) is 15.9 Å². The van der Waals surface area contributed by atoms with E-state index < -0.39 is 0 Å². The van der Waals surface area contributed by atoms with E-state index in [2.05, 4.69) is 99.7 Å². The van der Waals surface area contributed by atoms with Crippen LogP contribution in [0.3, 0.4) is 0 Å². The Hall–Kier alpha value is -1.68. The SMILES string of the molecule is CCN(CC)c1ccc(N2[C]N(c3ccc(Br)cc3)CC2)cc1. The summed E-state index contributed by atoms with van der Waals surface area (Å²) in [4.78, 5) is 6.72. The summed E-state index contributed by atoms with van der Waals surface area (Å²) >= 11 is 3.48. The molecule has 2 radical (unpaired) electrons. The second-order valence-electron chi connectivity index (χ2n) is 5.57. The van der Waals surface area contributed by atoms with Crippen molar-refractivity contribution >= 4 is 33.0 Å². The normalized spacial score (nSPS) is 14.4. The highest BCUT2D eigenvalue weighted by molar-refractivity contribution is 9.10. The van der Waals surface area contributed by atoms with Crippen molar-refractivity contribution in [3.8, 4) is 0 Å². The van der Waals surface area contributed by atoms with Crippen LogP contribution in [0.5, 0.6) is 0 Å². The van der Waals surface area contributed by atoms with Gasteiger partial charge in [0, 0.05) is 47.7 Å². The Morgan fingerprint density at radius 3 is 1.83 bits per heavy atom. The summed E-state index contributed by atoms with van der Waals surface area (Å²) < 4.78 is 1.10. The second-order valence-corrected chi connectivity index (χ2v) is 6.48. The number of rotatable bonds is 5. The van der Waals surface area contributed by atoms with Gasteiger partial charge in [0.05, 0.1) is 0 Å². The molecule has 0 atom stereocenters. The van der Waals surface area contributed by atoms with Gasteiger partial charge in [-0.15, -0.1) is 0 Å². The highest BCUT2D eigenvalue weighted by Crippen LogP contribution is 2.28. The second kappa shape index (κ2) is 7.26. The number of benzene rings is 2. The van der Waals surface area contributed by atoms with Crippen LogP contribution in [0.25, 0.3) is 0 Å². The summed E-state index contributed by atoms with van der Waals surface area (Å²) in [6.45, 7) is 11.8. The van der Waals surface area contributed by atoms with Crippen LogP contribution >= 0.6 is 15.9 Å². The first-order valence-electron chi connectivity index (χ1n) is 8.13. The molecular weight excluding hydrogens is 350 g/mol. The minimum absolute atomic E-state index is 0.958. The molecule has 1 aliphatic rings. The first-order chi connectivity index (χ1) is 11.2. The van der Waals surface area contributed by atoms with E-state index in [4.69, 9.17) is 0 Å². The zero-order valence-corrected chi connectivity index (χ0v) is 15.3. The van der Waals surface area contributed by atoms with Crippen molar-refractivity contribution in [1.29, 1.82) is 0 Å². The van der Waals surface area contributed by atoms with Crippen molar-refractivity contribution in [2.75, 3.05) is 40.9 Å². The molecule has 0 saturated carbocycles. The van der Waals surface area contributed by atoms with Gasteiger partial charge in [0.15, 0.2) is 0 Å². The molecule has 0 spiro atoms. The third-order valence-electron chi connectivity index (χ3n) is 4.22. The lowest BCUT2D eigenvalue weighted by molar-refractivity contribution is 0.866. The van der Waals surface area contributed by atoms with Gasteiger partial charge in [-0.2, -0.15) is 0 Å². The Kier molecular flexibility index (Phi) is 5.11. The van der Waals surface area contributed by atoms with Crippen LogP contribution in [-0.4, -0.2) is 26.2 Å². The lowest BCUT2D eigenvalue weighted by Crippen LogP contribution is -2.22. The van der Waals surface area contributed by atoms with E-state index in [9.17, 15) is 0 Å². The molecule has 0 amide bonds. The quantitative estimate of drug-likeness (QED) is 0.759. The maximum absolute atomic E-state index is 3.48. The molecule has 2 aromatic carbocycles. The topological polar surface area (TPSA) is 9.72 Å². The van der Waals surface area contributed by atoms with Gasteiger partial charge in [0.25, 0.3) is 0 Å². The molecule has 1 aliphatic heterocycles. The van der Waals surface area contributed by atoms with Crippen molar-refractivity contribution in [2.45, 2.75) is 13.8 Å². The van der Waals surface area contributed by atoms with E-state index in [1.807, 2.05) is 0 Å². The van der Waals surface area contributed by atoms with Gasteiger partial charge in [-0.25, -0.2) is 0 Å². The van der Waals surface area contributed by atoms with E-state index in [0.29, 0.717) is 0 Å². The van der Waals surface area contributed by atoms with Crippen LogP contribution in [0.1, 0.15) is 13.8 Å². The third kappa shape index (κ3) is 3.63. The van der Waals surface area contributed by atoms with Crippen molar-refractivity contribution in [3.05, 3.63) is 59.7 Å². The minimum Gasteiger partial charge on any atom is -0.372 e. The van der Waals surface area contributed by atoms with Gasteiger partial charge in [-0.3, -0.25) is 0 Å². The smallest absolute Gasteiger partial charge is 0.208 e. The summed E-state index contributed by atoms with van der Waals surface area (Å²) in [5.41, 5.74) is 3.65. The van der Waals surface area contributed by atoms with Gasteiger partial charge < -0.3 is 14.7 Å². The Labute approximate surface area is 147 Å². The summed E-state index contributed by atoms with van der Waals surface area (Å²) in [7, 11) is 0. The monoisotopic (exact) mass is 371 g/mol. The Balaban J connectivity index is 1.68. The summed E-state index contributed by atoms with van der Waals surface area (Å²) in [5, 5.41) is 0. The Bertz CT molecular complexity index is 620. The zero-order valence-electron chi connectivity index (χ0n) is 13.7. The van der Waals surface area contributed by atoms with E-state index >= 15 is 0 Å². The molecule has 0 aliphatic carbocycles. The van der Waals surface area contributed by atoms with E-state index in [0.717, 1.165) is 30.7 Å². The van der Waals surface area contributed by atoms with Gasteiger partial charge in [0.2, 0.25) is 6.67 Å². The number of anilines is 3. The molecule has 2 aromatic rings. The Morgan fingerprint density at radius 1 is 0.870 bits per heavy atom. The highest BCUT2D eigenvalue weighted by atomic mass is 79.9. The first-order valence-corrected chi connectivity index (χ1v) is 8.92. The average Bonchev–Trinajstić information content (AvgIpc) is 3.07. The van der Waals surface area contributed by atoms with Crippen molar-refractivity contribution in [3.63, 3.8) is 0 Å². The fourth-order valence-corrected chi connectivity index (χ4v) is 3.14. The van der Waals surface area contributed by atoms with Crippen molar-refractivity contribution in [1.82, 2.24) is 0 Å². The molecule has 3 nitrogen and oxygen atoms in total. The molecule has 120 valence electrons. The lowest BCUT2D eigenvalue weighted by Gasteiger charge is -2.23. The molecule has 0 aromatic heterocycles. The van der Waals surface area contributed by atoms with Crippen LogP contribution in [0.4, 0.5) is 17.1 Å². The summed E-state index contributed by atoms with van der Waals surface area (Å²) in [5.74, 6) is 0. The molecule has 0 unspecified atom stereocenters. The minimum atomic E-state index is 0.958. The average molecular weight is 372 g/mol. The number of halogens is 1. The van der Waals surface area contributed by atoms with E-state index in [1.54, 1.807) is 0 Å². The van der Waals surface area contributed by atoms with Gasteiger partial charge in [0.1, 0.15) is 0 Å². The molecule has 1 saturated heterocycles. The van der Waals surface area contributed by atoms with Crippen molar-refractivity contribution < 1.29 is 0 Å². The molecule has 1 heterocycles. The number of nitrogens with zero attached hydrogens (tertiary/aromatic N) is 3. The van der Waals surface area contributed by atoms with Gasteiger partial charge in [-0.05, 0) is 62.4 Å². The summed E-state index contributed by atoms with van der Waals surface area (Å²) in [6.07, 6.45) is 0. The van der Waals surface area contributed by atoms with Crippen LogP contribution in [0.15, 0.2) is 53.0 Å². The van der Waals surface area contributed by atoms with Crippen molar-refractivity contribution in [2.24, 2.45) is 0 Å². The molecule has 1 fully saturated rings. The predicted molar refractivity (Wildman–Crippen MR) is 102 cm³/mol. The fourth-order valence-electron chi connectivity index (χ4n) is 2.87. The molecule has 23 heavy (non-hydrogen) atoms. The van der Waals surface area contributed by atoms with Crippen LogP contribution in [0, 0.1) is 6.67 Å². The molecular formula is C19H22BrN3. The molecule has 4 heteroatoms. The first kappa shape index (κ1) is 16.2. The van der Waals surface area contributed by atoms with E-state index in [1.165, 1.54) is 17.1 Å². The maximum atomic E-state index is 3.48. The third-order valence-corrected chi connectivity index (χ3v) is 4.75. The zero-order chi connectivity index (χ0) is 16.2. The highest BCUT2D eigenvalue weighted by Gasteiger charge is 2.22. The number of hydrogen-bond donors (Lipinski definition) is 0. The largest absolute Gasteiger partial charge is 0.372 e. The maximum Gasteiger partial charge on any atom is 0.208 e. The predicted octanol–water partition coefficient (Wildman–Crippen LogP) is 4.62. The van der Waals surface area contributed by atoms with Crippen LogP contribution in [-0.2, 0) is 0 Å².